The van der Waals surface area contributed by atoms with Gasteiger partial charge in [0, 0.05) is 11.1 Å². The molecule has 0 spiro atoms. The minimum absolute atomic E-state index is 1.07. The van der Waals surface area contributed by atoms with Crippen LogP contribution >= 0.6 is 0 Å². The summed E-state index contributed by atoms with van der Waals surface area (Å²) in [5.74, 6) is 0. The molecule has 1 aromatic carbocycles. The number of aromatic nitrogens is 1. The topological polar surface area (TPSA) is 24.9 Å². The molecule has 0 aliphatic rings. The summed E-state index contributed by atoms with van der Waals surface area (Å²) in [5, 5.41) is 4.41. The molecule has 2 rings (SSSR count). The Bertz CT molecular complexity index is 477. The van der Waals surface area contributed by atoms with Crippen LogP contribution in [-0.4, -0.2) is 18.6 Å². The Hall–Kier alpha value is -1.41. The highest BCUT2D eigenvalue weighted by Crippen LogP contribution is 2.15. The third kappa shape index (κ3) is 2.58. The Labute approximate surface area is 96.7 Å². The summed E-state index contributed by atoms with van der Waals surface area (Å²) in [6, 6.07) is 10.8. The first kappa shape index (κ1) is 11.1. The molecule has 0 radical (unpaired) electrons. The fourth-order valence-electron chi connectivity index (χ4n) is 1.90. The number of nitrogens with zero attached hydrogens (tertiary/aromatic N) is 1. The molecule has 1 heterocycles. The minimum Gasteiger partial charge on any atom is -0.320 e. The van der Waals surface area contributed by atoms with E-state index < -0.39 is 0 Å². The quantitative estimate of drug-likeness (QED) is 0.791. The zero-order chi connectivity index (χ0) is 11.4. The van der Waals surface area contributed by atoms with Gasteiger partial charge in [-0.2, -0.15) is 0 Å². The van der Waals surface area contributed by atoms with Gasteiger partial charge in [-0.1, -0.05) is 12.1 Å². The van der Waals surface area contributed by atoms with E-state index in [1.54, 1.807) is 0 Å². The molecule has 2 nitrogen and oxygen atoms in total. The summed E-state index contributed by atoms with van der Waals surface area (Å²) >= 11 is 0. The van der Waals surface area contributed by atoms with Gasteiger partial charge in [-0.05, 0) is 57.1 Å². The molecule has 0 aliphatic heterocycles. The van der Waals surface area contributed by atoms with E-state index in [1.165, 1.54) is 17.4 Å². The Morgan fingerprint density at radius 2 is 2.06 bits per heavy atom. The summed E-state index contributed by atoms with van der Waals surface area (Å²) in [4.78, 5) is 4.50. The van der Waals surface area contributed by atoms with Crippen LogP contribution in [-0.2, 0) is 6.42 Å². The van der Waals surface area contributed by atoms with Crippen LogP contribution in [0.1, 0.15) is 17.7 Å². The number of aryl methyl sites for hydroxylation is 2. The van der Waals surface area contributed by atoms with E-state index in [9.17, 15) is 0 Å². The van der Waals surface area contributed by atoms with E-state index in [0.29, 0.717) is 0 Å². The van der Waals surface area contributed by atoms with Gasteiger partial charge in [-0.15, -0.1) is 0 Å². The smallest absolute Gasteiger partial charge is 0.0705 e. The minimum atomic E-state index is 1.07. The second-order valence-electron chi connectivity index (χ2n) is 4.19. The first-order valence-electron chi connectivity index (χ1n) is 5.80. The lowest BCUT2D eigenvalue weighted by Crippen LogP contribution is -2.08. The Morgan fingerprint density at radius 1 is 1.19 bits per heavy atom. The summed E-state index contributed by atoms with van der Waals surface area (Å²) in [7, 11) is 1.99. The van der Waals surface area contributed by atoms with Crippen molar-refractivity contribution >= 4 is 10.9 Å². The maximum absolute atomic E-state index is 4.50. The van der Waals surface area contributed by atoms with E-state index in [-0.39, 0.29) is 0 Å². The van der Waals surface area contributed by atoms with E-state index >= 15 is 0 Å². The number of hydrogen-bond donors (Lipinski definition) is 1. The fraction of sp³-hybridized carbons (Fsp3) is 0.357. The summed E-state index contributed by atoms with van der Waals surface area (Å²) in [5.41, 5.74) is 3.57. The molecule has 0 atom stereocenters. The monoisotopic (exact) mass is 214 g/mol. The van der Waals surface area contributed by atoms with Gasteiger partial charge in [-0.25, -0.2) is 0 Å². The number of rotatable bonds is 4. The normalized spacial score (nSPS) is 10.9. The molecule has 1 aromatic heterocycles. The summed E-state index contributed by atoms with van der Waals surface area (Å²) < 4.78 is 0. The van der Waals surface area contributed by atoms with Gasteiger partial charge in [0.1, 0.15) is 0 Å². The van der Waals surface area contributed by atoms with Crippen LogP contribution in [0.3, 0.4) is 0 Å². The molecule has 0 saturated heterocycles. The second-order valence-corrected chi connectivity index (χ2v) is 4.19. The van der Waals surface area contributed by atoms with Crippen LogP contribution in [0.25, 0.3) is 10.9 Å². The van der Waals surface area contributed by atoms with Gasteiger partial charge in [-0.3, -0.25) is 4.98 Å². The van der Waals surface area contributed by atoms with E-state index in [1.807, 2.05) is 14.0 Å². The predicted molar refractivity (Wildman–Crippen MR) is 68.7 cm³/mol. The highest BCUT2D eigenvalue weighted by molar-refractivity contribution is 5.79. The van der Waals surface area contributed by atoms with Crippen molar-refractivity contribution in [1.82, 2.24) is 10.3 Å². The number of fused-ring (bicyclic) bond motifs is 1. The van der Waals surface area contributed by atoms with Gasteiger partial charge in [0.15, 0.2) is 0 Å². The lowest BCUT2D eigenvalue weighted by Gasteiger charge is -2.04. The molecule has 0 amide bonds. The highest BCUT2D eigenvalue weighted by Gasteiger charge is 1.98. The number of nitrogens with one attached hydrogen (secondary N) is 1. The van der Waals surface area contributed by atoms with Crippen molar-refractivity contribution in [2.75, 3.05) is 13.6 Å². The standard InChI is InChI=1S/C14H18N2/c1-11-5-7-13-10-12(4-3-9-15-2)6-8-14(13)16-11/h5-8,10,15H,3-4,9H2,1-2H3. The van der Waals surface area contributed by atoms with Crippen LogP contribution in [0.4, 0.5) is 0 Å². The Balaban J connectivity index is 2.20. The molecule has 0 fully saturated rings. The molecule has 0 unspecified atom stereocenters. The van der Waals surface area contributed by atoms with Gasteiger partial charge < -0.3 is 5.32 Å². The van der Waals surface area contributed by atoms with Crippen molar-refractivity contribution in [1.29, 1.82) is 0 Å². The van der Waals surface area contributed by atoms with Gasteiger partial charge in [0.2, 0.25) is 0 Å². The maximum atomic E-state index is 4.50. The molecule has 84 valence electrons. The molecular weight excluding hydrogens is 196 g/mol. The lowest BCUT2D eigenvalue weighted by molar-refractivity contribution is 0.725. The Kier molecular flexibility index (Phi) is 3.52. The van der Waals surface area contributed by atoms with Crippen molar-refractivity contribution in [3.05, 3.63) is 41.6 Å². The third-order valence-corrected chi connectivity index (χ3v) is 2.79. The molecular formula is C14H18N2. The average molecular weight is 214 g/mol. The van der Waals surface area contributed by atoms with Crippen molar-refractivity contribution in [2.45, 2.75) is 19.8 Å². The maximum Gasteiger partial charge on any atom is 0.0705 e. The first-order chi connectivity index (χ1) is 7.79. The fourth-order valence-corrected chi connectivity index (χ4v) is 1.90. The summed E-state index contributed by atoms with van der Waals surface area (Å²) in [6.07, 6.45) is 2.31. The van der Waals surface area contributed by atoms with Crippen LogP contribution in [0.2, 0.25) is 0 Å². The molecule has 0 aliphatic carbocycles. The van der Waals surface area contributed by atoms with Crippen LogP contribution in [0.15, 0.2) is 30.3 Å². The van der Waals surface area contributed by atoms with Gasteiger partial charge in [0.25, 0.3) is 0 Å². The number of pyridine rings is 1. The zero-order valence-corrected chi connectivity index (χ0v) is 9.96. The third-order valence-electron chi connectivity index (χ3n) is 2.79. The van der Waals surface area contributed by atoms with Crippen LogP contribution in [0.5, 0.6) is 0 Å². The average Bonchev–Trinajstić information content (AvgIpc) is 2.29. The largest absolute Gasteiger partial charge is 0.320 e. The van der Waals surface area contributed by atoms with Crippen molar-refractivity contribution in [2.24, 2.45) is 0 Å². The second kappa shape index (κ2) is 5.08. The highest BCUT2D eigenvalue weighted by atomic mass is 14.8. The number of benzene rings is 1. The SMILES string of the molecule is CNCCCc1ccc2nc(C)ccc2c1. The molecule has 0 bridgehead atoms. The predicted octanol–water partition coefficient (Wildman–Crippen LogP) is 2.70. The van der Waals surface area contributed by atoms with E-state index in [4.69, 9.17) is 0 Å². The first-order valence-corrected chi connectivity index (χ1v) is 5.80. The summed E-state index contributed by atoms with van der Waals surface area (Å²) in [6.45, 7) is 3.10. The molecule has 0 saturated carbocycles. The zero-order valence-electron chi connectivity index (χ0n) is 9.96. The van der Waals surface area contributed by atoms with E-state index in [2.05, 4.69) is 40.6 Å². The molecule has 1 N–H and O–H groups in total. The lowest BCUT2D eigenvalue weighted by atomic mass is 10.1. The van der Waals surface area contributed by atoms with Crippen LogP contribution in [0, 0.1) is 6.92 Å². The number of hydrogen-bond acceptors (Lipinski definition) is 2. The van der Waals surface area contributed by atoms with Crippen LogP contribution < -0.4 is 5.32 Å². The molecule has 2 heteroatoms. The van der Waals surface area contributed by atoms with Crippen molar-refractivity contribution in [3.63, 3.8) is 0 Å². The van der Waals surface area contributed by atoms with Gasteiger partial charge >= 0.3 is 0 Å². The Morgan fingerprint density at radius 3 is 2.88 bits per heavy atom. The van der Waals surface area contributed by atoms with Crippen molar-refractivity contribution < 1.29 is 0 Å². The molecule has 2 aromatic rings. The van der Waals surface area contributed by atoms with E-state index in [0.717, 1.165) is 24.2 Å². The van der Waals surface area contributed by atoms with Crippen molar-refractivity contribution in [3.8, 4) is 0 Å². The molecule has 16 heavy (non-hydrogen) atoms. The van der Waals surface area contributed by atoms with Gasteiger partial charge in [0.05, 0.1) is 5.52 Å².